The lowest BCUT2D eigenvalue weighted by atomic mass is 9.91. The van der Waals surface area contributed by atoms with Gasteiger partial charge in [-0.2, -0.15) is 0 Å². The Kier molecular flexibility index (Phi) is 3.71. The molecule has 1 amide bonds. The van der Waals surface area contributed by atoms with Gasteiger partial charge < -0.3 is 15.3 Å². The van der Waals surface area contributed by atoms with Crippen LogP contribution in [0.1, 0.15) is 26.7 Å². The highest BCUT2D eigenvalue weighted by molar-refractivity contribution is 5.94. The molecule has 2 heterocycles. The quantitative estimate of drug-likeness (QED) is 0.707. The second-order valence-electron chi connectivity index (χ2n) is 5.24. The zero-order valence-corrected chi connectivity index (χ0v) is 10.9. The lowest BCUT2D eigenvalue weighted by Gasteiger charge is -2.37. The van der Waals surface area contributed by atoms with Gasteiger partial charge in [0.05, 0.1) is 5.92 Å². The SMILES string of the molecule is CC(C(=O)N1CCC(C(=O)O)CC1C)=C1CNC1. The van der Waals surface area contributed by atoms with Crippen molar-refractivity contribution < 1.29 is 14.7 Å². The highest BCUT2D eigenvalue weighted by Crippen LogP contribution is 2.25. The van der Waals surface area contributed by atoms with E-state index in [1.54, 1.807) is 0 Å². The Morgan fingerprint density at radius 1 is 1.39 bits per heavy atom. The Morgan fingerprint density at radius 3 is 2.50 bits per heavy atom. The topological polar surface area (TPSA) is 69.6 Å². The van der Waals surface area contributed by atoms with E-state index in [1.807, 2.05) is 18.7 Å². The molecule has 0 aromatic carbocycles. The highest BCUT2D eigenvalue weighted by Gasteiger charge is 2.33. The molecule has 18 heavy (non-hydrogen) atoms. The molecule has 0 saturated carbocycles. The first-order valence-electron chi connectivity index (χ1n) is 6.43. The molecule has 2 unspecified atom stereocenters. The monoisotopic (exact) mass is 252 g/mol. The Bertz CT molecular complexity index is 397. The standard InChI is InChI=1S/C13H20N2O3/c1-8-5-10(13(17)18)3-4-15(8)12(16)9(2)11-6-14-7-11/h8,10,14H,3-7H2,1-2H3,(H,17,18). The normalized spacial score (nSPS) is 27.7. The van der Waals surface area contributed by atoms with Crippen molar-refractivity contribution in [1.82, 2.24) is 10.2 Å². The Morgan fingerprint density at radius 2 is 2.06 bits per heavy atom. The highest BCUT2D eigenvalue weighted by atomic mass is 16.4. The average Bonchev–Trinajstić information content (AvgIpc) is 2.25. The van der Waals surface area contributed by atoms with Gasteiger partial charge in [-0.05, 0) is 32.3 Å². The molecule has 2 saturated heterocycles. The van der Waals surface area contributed by atoms with Gasteiger partial charge in [0.2, 0.25) is 5.91 Å². The van der Waals surface area contributed by atoms with Gasteiger partial charge in [0, 0.05) is 31.2 Å². The zero-order chi connectivity index (χ0) is 13.3. The lowest BCUT2D eigenvalue weighted by Crippen LogP contribution is -2.47. The molecule has 0 radical (unpaired) electrons. The number of carboxylic acid groups (broad SMARTS) is 1. The van der Waals surface area contributed by atoms with Crippen molar-refractivity contribution >= 4 is 11.9 Å². The smallest absolute Gasteiger partial charge is 0.306 e. The summed E-state index contributed by atoms with van der Waals surface area (Å²) in [4.78, 5) is 25.1. The maximum Gasteiger partial charge on any atom is 0.306 e. The molecule has 0 spiro atoms. The van der Waals surface area contributed by atoms with Crippen LogP contribution in [0.25, 0.3) is 0 Å². The van der Waals surface area contributed by atoms with Crippen molar-refractivity contribution in [1.29, 1.82) is 0 Å². The molecule has 0 aromatic rings. The summed E-state index contributed by atoms with van der Waals surface area (Å²) in [7, 11) is 0. The minimum atomic E-state index is -0.743. The van der Waals surface area contributed by atoms with Crippen LogP contribution in [0.4, 0.5) is 0 Å². The number of carboxylic acids is 1. The number of nitrogens with one attached hydrogen (secondary N) is 1. The minimum absolute atomic E-state index is 0.0101. The number of piperidine rings is 1. The van der Waals surface area contributed by atoms with E-state index >= 15 is 0 Å². The number of hydrogen-bond donors (Lipinski definition) is 2. The minimum Gasteiger partial charge on any atom is -0.481 e. The summed E-state index contributed by atoms with van der Waals surface area (Å²) in [5.41, 5.74) is 2.00. The van der Waals surface area contributed by atoms with E-state index in [4.69, 9.17) is 5.11 Å². The second kappa shape index (κ2) is 5.10. The van der Waals surface area contributed by atoms with Crippen LogP contribution in [0.15, 0.2) is 11.1 Å². The van der Waals surface area contributed by atoms with Crippen LogP contribution in [0.3, 0.4) is 0 Å². The summed E-state index contributed by atoms with van der Waals surface area (Å²) < 4.78 is 0. The van der Waals surface area contributed by atoms with Gasteiger partial charge in [0.1, 0.15) is 0 Å². The summed E-state index contributed by atoms with van der Waals surface area (Å²) in [5, 5.41) is 12.1. The zero-order valence-electron chi connectivity index (χ0n) is 10.9. The molecule has 2 fully saturated rings. The number of amides is 1. The average molecular weight is 252 g/mol. The van der Waals surface area contributed by atoms with Crippen LogP contribution in [-0.4, -0.2) is 47.6 Å². The van der Waals surface area contributed by atoms with E-state index in [9.17, 15) is 9.59 Å². The molecule has 0 aromatic heterocycles. The van der Waals surface area contributed by atoms with Gasteiger partial charge in [-0.25, -0.2) is 0 Å². The number of rotatable bonds is 2. The van der Waals surface area contributed by atoms with Gasteiger partial charge in [-0.3, -0.25) is 9.59 Å². The largest absolute Gasteiger partial charge is 0.481 e. The number of carbonyl (C=O) groups is 2. The number of hydrogen-bond acceptors (Lipinski definition) is 3. The summed E-state index contributed by atoms with van der Waals surface area (Å²) >= 11 is 0. The van der Waals surface area contributed by atoms with E-state index in [0.29, 0.717) is 19.4 Å². The number of carbonyl (C=O) groups excluding carboxylic acids is 1. The van der Waals surface area contributed by atoms with Gasteiger partial charge in [-0.1, -0.05) is 0 Å². The van der Waals surface area contributed by atoms with E-state index in [2.05, 4.69) is 5.32 Å². The van der Waals surface area contributed by atoms with Crippen molar-refractivity contribution in [2.75, 3.05) is 19.6 Å². The number of likely N-dealkylation sites (tertiary alicyclic amines) is 1. The van der Waals surface area contributed by atoms with E-state index in [1.165, 1.54) is 5.57 Å². The van der Waals surface area contributed by atoms with Crippen molar-refractivity contribution in [3.05, 3.63) is 11.1 Å². The van der Waals surface area contributed by atoms with E-state index < -0.39 is 5.97 Å². The third kappa shape index (κ3) is 2.41. The molecule has 2 aliphatic rings. The maximum atomic E-state index is 12.3. The summed E-state index contributed by atoms with van der Waals surface area (Å²) in [6.07, 6.45) is 1.12. The molecular weight excluding hydrogens is 232 g/mol. The second-order valence-corrected chi connectivity index (χ2v) is 5.24. The Balaban J connectivity index is 2.02. The number of aliphatic carboxylic acids is 1. The van der Waals surface area contributed by atoms with E-state index in [0.717, 1.165) is 18.7 Å². The molecule has 0 bridgehead atoms. The summed E-state index contributed by atoms with van der Waals surface area (Å²) in [5.74, 6) is -0.975. The van der Waals surface area contributed by atoms with Crippen LogP contribution in [0, 0.1) is 5.92 Å². The fourth-order valence-corrected chi connectivity index (χ4v) is 2.58. The maximum absolute atomic E-state index is 12.3. The van der Waals surface area contributed by atoms with Crippen molar-refractivity contribution in [3.63, 3.8) is 0 Å². The summed E-state index contributed by atoms with van der Waals surface area (Å²) in [6.45, 7) is 5.96. The molecule has 5 nitrogen and oxygen atoms in total. The lowest BCUT2D eigenvalue weighted by molar-refractivity contribution is -0.146. The first kappa shape index (κ1) is 13.1. The fraction of sp³-hybridized carbons (Fsp3) is 0.692. The van der Waals surface area contributed by atoms with Crippen molar-refractivity contribution in [2.45, 2.75) is 32.7 Å². The fourth-order valence-electron chi connectivity index (χ4n) is 2.58. The van der Waals surface area contributed by atoms with Gasteiger partial charge >= 0.3 is 5.97 Å². The van der Waals surface area contributed by atoms with Crippen LogP contribution < -0.4 is 5.32 Å². The van der Waals surface area contributed by atoms with Crippen molar-refractivity contribution in [2.24, 2.45) is 5.92 Å². The number of nitrogens with zero attached hydrogens (tertiary/aromatic N) is 1. The van der Waals surface area contributed by atoms with Crippen LogP contribution >= 0.6 is 0 Å². The molecule has 100 valence electrons. The molecule has 2 aliphatic heterocycles. The third-order valence-electron chi connectivity index (χ3n) is 4.01. The van der Waals surface area contributed by atoms with Gasteiger partial charge in [0.15, 0.2) is 0 Å². The van der Waals surface area contributed by atoms with Gasteiger partial charge in [0.25, 0.3) is 0 Å². The van der Waals surface area contributed by atoms with Crippen LogP contribution in [0.5, 0.6) is 0 Å². The Hall–Kier alpha value is -1.36. The molecule has 2 atom stereocenters. The van der Waals surface area contributed by atoms with Gasteiger partial charge in [-0.15, -0.1) is 0 Å². The van der Waals surface area contributed by atoms with Crippen LogP contribution in [-0.2, 0) is 9.59 Å². The summed E-state index contributed by atoms with van der Waals surface area (Å²) in [6, 6.07) is 0.0101. The molecular formula is C13H20N2O3. The molecule has 0 aliphatic carbocycles. The predicted molar refractivity (Wildman–Crippen MR) is 67.1 cm³/mol. The van der Waals surface area contributed by atoms with E-state index in [-0.39, 0.29) is 17.9 Å². The molecule has 2 N–H and O–H groups in total. The Labute approximate surface area is 107 Å². The first-order valence-corrected chi connectivity index (χ1v) is 6.43. The van der Waals surface area contributed by atoms with Crippen molar-refractivity contribution in [3.8, 4) is 0 Å². The predicted octanol–water partition coefficient (Wildman–Crippen LogP) is 0.618. The van der Waals surface area contributed by atoms with Crippen LogP contribution in [0.2, 0.25) is 0 Å². The molecule has 5 heteroatoms. The third-order valence-corrected chi connectivity index (χ3v) is 4.01. The molecule has 2 rings (SSSR count). The first-order chi connectivity index (χ1) is 8.50.